The summed E-state index contributed by atoms with van der Waals surface area (Å²) < 4.78 is 0. The lowest BCUT2D eigenvalue weighted by atomic mass is 9.95. The monoisotopic (exact) mass is 880 g/mol. The number of rotatable bonds is 12. The summed E-state index contributed by atoms with van der Waals surface area (Å²) in [5.41, 5.74) is 15.1. The van der Waals surface area contributed by atoms with E-state index in [-0.39, 0.29) is 11.4 Å². The van der Waals surface area contributed by atoms with E-state index >= 15 is 0 Å². The molecule has 1 aliphatic carbocycles. The van der Waals surface area contributed by atoms with Gasteiger partial charge in [-0.2, -0.15) is 5.26 Å². The summed E-state index contributed by atoms with van der Waals surface area (Å²) in [7, 11) is 0. The van der Waals surface area contributed by atoms with Crippen LogP contribution in [0.5, 0.6) is 0 Å². The van der Waals surface area contributed by atoms with Gasteiger partial charge in [-0.1, -0.05) is 164 Å². The van der Waals surface area contributed by atoms with E-state index in [4.69, 9.17) is 0 Å². The van der Waals surface area contributed by atoms with Gasteiger partial charge in [0.15, 0.2) is 5.78 Å². The predicted molar refractivity (Wildman–Crippen MR) is 274 cm³/mol. The molecule has 0 aliphatic heterocycles. The molecule has 10 rings (SSSR count). The van der Waals surface area contributed by atoms with E-state index in [1.165, 1.54) is 17.4 Å². The van der Waals surface area contributed by atoms with Crippen LogP contribution in [0.15, 0.2) is 224 Å². The molecule has 1 aliphatic rings. The number of fused-ring (bicyclic) bond motifs is 3. The van der Waals surface area contributed by atoms with Crippen molar-refractivity contribution in [3.8, 4) is 27.6 Å². The van der Waals surface area contributed by atoms with Crippen molar-refractivity contribution in [2.24, 2.45) is 0 Å². The van der Waals surface area contributed by atoms with Crippen LogP contribution in [0.1, 0.15) is 54.2 Å². The first-order valence-electron chi connectivity index (χ1n) is 21.8. The molecule has 1 heterocycles. The summed E-state index contributed by atoms with van der Waals surface area (Å²) in [6, 6.07) is 76.2. The number of carbonyl (C=O) groups is 2. The van der Waals surface area contributed by atoms with Gasteiger partial charge < -0.3 is 10.0 Å². The fourth-order valence-corrected chi connectivity index (χ4v) is 9.53. The van der Waals surface area contributed by atoms with Crippen LogP contribution in [0.25, 0.3) is 50.9 Å². The number of hydrogen-bond donors (Lipinski definition) is 1. The smallest absolute Gasteiger partial charge is 0.346 e. The molecule has 0 unspecified atom stereocenters. The Kier molecular flexibility index (Phi) is 11.7. The molecule has 0 bridgehead atoms. The normalized spacial score (nSPS) is 11.5. The molecule has 1 N–H and O–H groups in total. The van der Waals surface area contributed by atoms with Crippen LogP contribution in [0.2, 0.25) is 0 Å². The largest absolute Gasteiger partial charge is 0.477 e. The molecule has 8 aromatic carbocycles. The van der Waals surface area contributed by atoms with Crippen molar-refractivity contribution in [3.63, 3.8) is 0 Å². The highest BCUT2D eigenvalue weighted by atomic mass is 32.1. The average molecular weight is 881 g/mol. The lowest BCUT2D eigenvalue weighted by molar-refractivity contribution is -0.132. The molecule has 0 saturated carbocycles. The molecule has 318 valence electrons. The third-order valence-corrected chi connectivity index (χ3v) is 13.0. The molecule has 67 heavy (non-hydrogen) atoms. The minimum atomic E-state index is -1.27. The summed E-state index contributed by atoms with van der Waals surface area (Å²) in [5, 5.41) is 18.6. The first kappa shape index (κ1) is 42.1. The number of carboxylic acids is 1. The second-order valence-electron chi connectivity index (χ2n) is 16.1. The van der Waals surface area contributed by atoms with Crippen LogP contribution >= 0.6 is 11.3 Å². The molecular weight excluding hydrogens is 841 g/mol. The molecule has 5 nitrogen and oxygen atoms in total. The third-order valence-electron chi connectivity index (χ3n) is 11.9. The SMILES string of the molecule is N#C/C(=C\c1ccc(-c2ccc3c(c2)C(=O)c2cc(N(c4ccc(C=C(c5ccccc5)c5ccccc5)cc4)c4ccc(C=C(c5ccccc5)c5ccccc5)cc4)ccc2-3)s1)C(=O)O. The van der Waals surface area contributed by atoms with Crippen molar-refractivity contribution >= 4 is 69.5 Å². The summed E-state index contributed by atoms with van der Waals surface area (Å²) in [4.78, 5) is 29.6. The van der Waals surface area contributed by atoms with Crippen molar-refractivity contribution in [1.29, 1.82) is 5.26 Å². The lowest BCUT2D eigenvalue weighted by Crippen LogP contribution is -2.11. The fraction of sp³-hybridized carbons (Fsp3) is 0. The Morgan fingerprint density at radius 2 is 0.910 bits per heavy atom. The molecule has 1 aromatic heterocycles. The number of nitriles is 1. The van der Waals surface area contributed by atoms with E-state index < -0.39 is 5.97 Å². The zero-order chi connectivity index (χ0) is 45.7. The number of carboxylic acid groups (broad SMARTS) is 1. The fourth-order valence-electron chi connectivity index (χ4n) is 8.59. The Morgan fingerprint density at radius 1 is 0.478 bits per heavy atom. The molecule has 9 aromatic rings. The van der Waals surface area contributed by atoms with Crippen LogP contribution in [0.3, 0.4) is 0 Å². The first-order chi connectivity index (χ1) is 32.9. The number of thiophene rings is 1. The molecule has 0 atom stereocenters. The minimum Gasteiger partial charge on any atom is -0.477 e. The van der Waals surface area contributed by atoms with Gasteiger partial charge in [-0.3, -0.25) is 4.79 Å². The summed E-state index contributed by atoms with van der Waals surface area (Å²) in [5.74, 6) is -1.33. The van der Waals surface area contributed by atoms with Crippen LogP contribution in [0, 0.1) is 11.3 Å². The molecular formula is C61H40N2O3S. The van der Waals surface area contributed by atoms with E-state index in [1.807, 2.05) is 60.7 Å². The molecule has 0 spiro atoms. The highest BCUT2D eigenvalue weighted by Crippen LogP contribution is 2.44. The van der Waals surface area contributed by atoms with Gasteiger partial charge in [0.1, 0.15) is 11.6 Å². The van der Waals surface area contributed by atoms with Gasteiger partial charge in [-0.15, -0.1) is 11.3 Å². The second kappa shape index (κ2) is 18.7. The zero-order valence-electron chi connectivity index (χ0n) is 36.1. The number of hydrogen-bond acceptors (Lipinski definition) is 5. The predicted octanol–water partition coefficient (Wildman–Crippen LogP) is 15.3. The maximum Gasteiger partial charge on any atom is 0.346 e. The Bertz CT molecular complexity index is 3200. The highest BCUT2D eigenvalue weighted by Gasteiger charge is 2.29. The topological polar surface area (TPSA) is 81.4 Å². The van der Waals surface area contributed by atoms with Crippen molar-refractivity contribution in [2.45, 2.75) is 0 Å². The summed E-state index contributed by atoms with van der Waals surface area (Å²) in [6.45, 7) is 0. The first-order valence-corrected chi connectivity index (χ1v) is 22.7. The molecule has 0 radical (unpaired) electrons. The summed E-state index contributed by atoms with van der Waals surface area (Å²) >= 11 is 1.37. The van der Waals surface area contributed by atoms with E-state index in [0.29, 0.717) is 16.0 Å². The van der Waals surface area contributed by atoms with Gasteiger partial charge in [0, 0.05) is 37.9 Å². The number of nitrogens with zero attached hydrogens (tertiary/aromatic N) is 2. The Balaban J connectivity index is 1.03. The minimum absolute atomic E-state index is 0.0624. The van der Waals surface area contributed by atoms with E-state index in [2.05, 4.69) is 169 Å². The van der Waals surface area contributed by atoms with Gasteiger partial charge in [-0.25, -0.2) is 4.79 Å². The molecule has 0 fully saturated rings. The maximum atomic E-state index is 14.4. The number of carbonyl (C=O) groups excluding carboxylic acids is 1. The van der Waals surface area contributed by atoms with Crippen molar-refractivity contribution in [3.05, 3.63) is 273 Å². The van der Waals surface area contributed by atoms with Crippen molar-refractivity contribution in [2.75, 3.05) is 4.90 Å². The van der Waals surface area contributed by atoms with E-state index in [1.54, 1.807) is 12.1 Å². The second-order valence-corrected chi connectivity index (χ2v) is 17.2. The van der Waals surface area contributed by atoms with Crippen LogP contribution in [-0.2, 0) is 4.79 Å². The zero-order valence-corrected chi connectivity index (χ0v) is 36.9. The quantitative estimate of drug-likeness (QED) is 0.0751. The Morgan fingerprint density at radius 3 is 1.36 bits per heavy atom. The third kappa shape index (κ3) is 8.84. The lowest BCUT2D eigenvalue weighted by Gasteiger charge is -2.26. The standard InChI is InChI=1S/C61H40N2O3S/c62-40-48(61(65)66)37-52-31-34-59(67-52)47-25-32-53-54-33-30-51(39-58(54)60(64)57(53)38-47)63(49-26-21-41(22-27-49)35-55(43-13-5-1-6-14-43)44-15-7-2-8-16-44)50-28-23-42(24-29-50)36-56(45-17-9-3-10-18-45)46-19-11-4-12-20-46/h1-39H,(H,65,66)/b48-37+. The van der Waals surface area contributed by atoms with Gasteiger partial charge in [0.25, 0.3) is 0 Å². The van der Waals surface area contributed by atoms with Crippen LogP contribution in [0.4, 0.5) is 17.1 Å². The van der Waals surface area contributed by atoms with E-state index in [9.17, 15) is 20.0 Å². The van der Waals surface area contributed by atoms with Crippen molar-refractivity contribution in [1.82, 2.24) is 0 Å². The Labute approximate surface area is 393 Å². The van der Waals surface area contributed by atoms with E-state index in [0.717, 1.165) is 83.2 Å². The molecule has 0 saturated heterocycles. The molecule has 0 amide bonds. The van der Waals surface area contributed by atoms with Gasteiger partial charge in [0.2, 0.25) is 0 Å². The number of ketones is 1. The highest BCUT2D eigenvalue weighted by molar-refractivity contribution is 7.16. The van der Waals surface area contributed by atoms with Crippen LogP contribution in [-0.4, -0.2) is 16.9 Å². The Hall–Kier alpha value is -8.89. The van der Waals surface area contributed by atoms with Gasteiger partial charge in [-0.05, 0) is 134 Å². The molecule has 6 heteroatoms. The number of benzene rings is 8. The number of anilines is 3. The average Bonchev–Trinajstić information content (AvgIpc) is 3.97. The van der Waals surface area contributed by atoms with Crippen molar-refractivity contribution < 1.29 is 14.7 Å². The number of aliphatic carboxylic acids is 1. The summed E-state index contributed by atoms with van der Waals surface area (Å²) in [6.07, 6.45) is 5.82. The van der Waals surface area contributed by atoms with Gasteiger partial charge >= 0.3 is 5.97 Å². The maximum absolute atomic E-state index is 14.4. The van der Waals surface area contributed by atoms with Crippen LogP contribution < -0.4 is 4.90 Å². The van der Waals surface area contributed by atoms with Gasteiger partial charge in [0.05, 0.1) is 0 Å².